The Morgan fingerprint density at radius 1 is 1.21 bits per heavy atom. The summed E-state index contributed by atoms with van der Waals surface area (Å²) < 4.78 is 31.4. The zero-order valence-electron chi connectivity index (χ0n) is 15.8. The Kier molecular flexibility index (Phi) is 6.08. The van der Waals surface area contributed by atoms with E-state index in [-0.39, 0.29) is 11.6 Å². The van der Waals surface area contributed by atoms with E-state index in [9.17, 15) is 4.39 Å². The summed E-state index contributed by atoms with van der Waals surface area (Å²) in [5, 5.41) is 12.5. The van der Waals surface area contributed by atoms with Crippen molar-refractivity contribution >= 4 is 38.4 Å². The number of ether oxygens (including phenoxy) is 3. The molecule has 0 aliphatic heterocycles. The van der Waals surface area contributed by atoms with E-state index in [1.165, 1.54) is 13.2 Å². The predicted molar refractivity (Wildman–Crippen MR) is 112 cm³/mol. The molecule has 0 fully saturated rings. The molecule has 0 saturated carbocycles. The first-order chi connectivity index (χ1) is 13.5. The maximum absolute atomic E-state index is 14.8. The Morgan fingerprint density at radius 2 is 2.00 bits per heavy atom. The maximum atomic E-state index is 14.8. The van der Waals surface area contributed by atoms with Crippen LogP contribution in [-0.2, 0) is 0 Å². The third kappa shape index (κ3) is 3.91. The lowest BCUT2D eigenvalue weighted by atomic mass is 10.1. The molecule has 0 radical (unpaired) electrons. The highest BCUT2D eigenvalue weighted by molar-refractivity contribution is 9.09. The SMILES string of the molecule is CNc1cc(OCCBr)c(OC)cc1C(=N)Oc1ccc2[nH]c(C)cc2c1F. The molecule has 0 saturated heterocycles. The van der Waals surface area contributed by atoms with Crippen molar-refractivity contribution in [2.45, 2.75) is 6.92 Å². The Bertz CT molecular complexity index is 1020. The number of methoxy groups -OCH3 is 1. The summed E-state index contributed by atoms with van der Waals surface area (Å²) >= 11 is 3.32. The number of nitrogens with one attached hydrogen (secondary N) is 3. The molecule has 0 aliphatic rings. The van der Waals surface area contributed by atoms with Crippen LogP contribution < -0.4 is 19.5 Å². The number of fused-ring (bicyclic) bond motifs is 1. The summed E-state index contributed by atoms with van der Waals surface area (Å²) in [5.41, 5.74) is 2.56. The summed E-state index contributed by atoms with van der Waals surface area (Å²) in [6, 6.07) is 8.30. The van der Waals surface area contributed by atoms with E-state index in [1.54, 1.807) is 31.3 Å². The van der Waals surface area contributed by atoms with Gasteiger partial charge in [0.15, 0.2) is 23.1 Å². The topological polar surface area (TPSA) is 79.4 Å². The summed E-state index contributed by atoms with van der Waals surface area (Å²) in [5.74, 6) is 0.262. The lowest BCUT2D eigenvalue weighted by Crippen LogP contribution is -2.13. The van der Waals surface area contributed by atoms with Gasteiger partial charge in [-0.15, -0.1) is 0 Å². The zero-order chi connectivity index (χ0) is 20.3. The second kappa shape index (κ2) is 8.52. The minimum atomic E-state index is -0.512. The van der Waals surface area contributed by atoms with E-state index in [1.807, 2.05) is 6.92 Å². The molecule has 0 amide bonds. The largest absolute Gasteiger partial charge is 0.493 e. The van der Waals surface area contributed by atoms with Crippen LogP contribution in [0.25, 0.3) is 10.9 Å². The smallest absolute Gasteiger partial charge is 0.221 e. The van der Waals surface area contributed by atoms with Gasteiger partial charge < -0.3 is 24.5 Å². The number of alkyl halides is 1. The maximum Gasteiger partial charge on any atom is 0.221 e. The third-order valence-electron chi connectivity index (χ3n) is 4.20. The van der Waals surface area contributed by atoms with Crippen molar-refractivity contribution in [2.24, 2.45) is 0 Å². The van der Waals surface area contributed by atoms with Crippen LogP contribution in [0.2, 0.25) is 0 Å². The van der Waals surface area contributed by atoms with E-state index in [2.05, 4.69) is 26.2 Å². The summed E-state index contributed by atoms with van der Waals surface area (Å²) in [6.07, 6.45) is 0. The van der Waals surface area contributed by atoms with Gasteiger partial charge in [-0.3, -0.25) is 5.41 Å². The van der Waals surface area contributed by atoms with Crippen molar-refractivity contribution < 1.29 is 18.6 Å². The van der Waals surface area contributed by atoms with Gasteiger partial charge in [-0.2, -0.15) is 0 Å². The number of anilines is 1. The van der Waals surface area contributed by atoms with Crippen LogP contribution in [0.3, 0.4) is 0 Å². The van der Waals surface area contributed by atoms with Crippen LogP contribution in [0.5, 0.6) is 17.2 Å². The van der Waals surface area contributed by atoms with E-state index < -0.39 is 5.82 Å². The average Bonchev–Trinajstić information content (AvgIpc) is 3.08. The lowest BCUT2D eigenvalue weighted by molar-refractivity contribution is 0.314. The van der Waals surface area contributed by atoms with E-state index in [0.29, 0.717) is 45.6 Å². The number of hydrogen-bond acceptors (Lipinski definition) is 5. The predicted octanol–water partition coefficient (Wildman–Crippen LogP) is 4.84. The molecule has 0 spiro atoms. The van der Waals surface area contributed by atoms with Gasteiger partial charge in [0.1, 0.15) is 0 Å². The van der Waals surface area contributed by atoms with Gasteiger partial charge in [-0.25, -0.2) is 4.39 Å². The molecule has 28 heavy (non-hydrogen) atoms. The molecule has 1 aromatic heterocycles. The zero-order valence-corrected chi connectivity index (χ0v) is 17.4. The number of benzene rings is 2. The number of rotatable bonds is 7. The van der Waals surface area contributed by atoms with Crippen molar-refractivity contribution in [3.63, 3.8) is 0 Å². The second-order valence-corrected chi connectivity index (χ2v) is 6.85. The van der Waals surface area contributed by atoms with Crippen LogP contribution in [0.4, 0.5) is 10.1 Å². The van der Waals surface area contributed by atoms with Crippen molar-refractivity contribution in [2.75, 3.05) is 31.4 Å². The molecule has 3 N–H and O–H groups in total. The van der Waals surface area contributed by atoms with Crippen molar-refractivity contribution in [3.05, 3.63) is 47.4 Å². The third-order valence-corrected chi connectivity index (χ3v) is 4.53. The summed E-state index contributed by atoms with van der Waals surface area (Å²) in [4.78, 5) is 3.07. The number of H-pyrrole nitrogens is 1. The second-order valence-electron chi connectivity index (χ2n) is 6.06. The Hall–Kier alpha value is -2.74. The summed E-state index contributed by atoms with van der Waals surface area (Å²) in [7, 11) is 3.24. The van der Waals surface area contributed by atoms with Crippen molar-refractivity contribution in [1.29, 1.82) is 5.41 Å². The number of aromatic nitrogens is 1. The molecule has 3 aromatic rings. The highest BCUT2D eigenvalue weighted by Gasteiger charge is 2.18. The highest BCUT2D eigenvalue weighted by Crippen LogP contribution is 2.35. The molecule has 148 valence electrons. The number of hydrogen-bond donors (Lipinski definition) is 3. The Balaban J connectivity index is 1.94. The quantitative estimate of drug-likeness (QED) is 0.273. The van der Waals surface area contributed by atoms with Gasteiger partial charge in [0.2, 0.25) is 5.90 Å². The molecule has 0 bridgehead atoms. The van der Waals surface area contributed by atoms with Crippen LogP contribution in [0, 0.1) is 18.2 Å². The van der Waals surface area contributed by atoms with E-state index in [0.717, 1.165) is 5.69 Å². The normalized spacial score (nSPS) is 10.8. The van der Waals surface area contributed by atoms with Gasteiger partial charge in [-0.05, 0) is 31.2 Å². The van der Waals surface area contributed by atoms with Crippen LogP contribution in [0.15, 0.2) is 30.3 Å². The first-order valence-corrected chi connectivity index (χ1v) is 9.73. The minimum Gasteiger partial charge on any atom is -0.493 e. The van der Waals surface area contributed by atoms with Gasteiger partial charge in [0.05, 0.1) is 25.0 Å². The fraction of sp³-hybridized carbons (Fsp3) is 0.250. The average molecular weight is 450 g/mol. The van der Waals surface area contributed by atoms with Gasteiger partial charge in [0, 0.05) is 35.0 Å². The van der Waals surface area contributed by atoms with Crippen molar-refractivity contribution in [1.82, 2.24) is 4.98 Å². The standard InChI is InChI=1S/C20H21BrFN3O3/c1-11-8-12-14(25-11)4-5-16(19(12)22)28-20(23)13-9-17(26-3)18(27-7-6-21)10-15(13)24-2/h4-5,8-10,23-25H,6-7H2,1-3H3. The molecule has 1 heterocycles. The van der Waals surface area contributed by atoms with Gasteiger partial charge in [-0.1, -0.05) is 15.9 Å². The number of aryl methyl sites for hydroxylation is 1. The molecule has 3 rings (SSSR count). The molecule has 2 aromatic carbocycles. The first-order valence-electron chi connectivity index (χ1n) is 8.61. The first kappa shape index (κ1) is 20.0. The van der Waals surface area contributed by atoms with Crippen LogP contribution in [0.1, 0.15) is 11.3 Å². The fourth-order valence-corrected chi connectivity index (χ4v) is 3.07. The Morgan fingerprint density at radius 3 is 2.68 bits per heavy atom. The van der Waals surface area contributed by atoms with E-state index in [4.69, 9.17) is 19.6 Å². The summed E-state index contributed by atoms with van der Waals surface area (Å²) in [6.45, 7) is 2.32. The number of halogens is 2. The van der Waals surface area contributed by atoms with Crippen molar-refractivity contribution in [3.8, 4) is 17.2 Å². The fourth-order valence-electron chi connectivity index (χ4n) is 2.91. The molecular weight excluding hydrogens is 429 g/mol. The molecule has 8 heteroatoms. The number of aromatic amines is 1. The lowest BCUT2D eigenvalue weighted by Gasteiger charge is -2.16. The van der Waals surface area contributed by atoms with E-state index >= 15 is 0 Å². The van der Waals surface area contributed by atoms with Crippen LogP contribution >= 0.6 is 15.9 Å². The van der Waals surface area contributed by atoms with Gasteiger partial charge >= 0.3 is 0 Å². The molecule has 0 aliphatic carbocycles. The minimum absolute atomic E-state index is 0.0165. The van der Waals surface area contributed by atoms with Gasteiger partial charge in [0.25, 0.3) is 0 Å². The van der Waals surface area contributed by atoms with Crippen LogP contribution in [-0.4, -0.2) is 37.0 Å². The molecular formula is C20H21BrFN3O3. The molecule has 0 unspecified atom stereocenters. The monoisotopic (exact) mass is 449 g/mol. The highest BCUT2D eigenvalue weighted by atomic mass is 79.9. The molecule has 0 atom stereocenters. The Labute approximate surface area is 170 Å². The molecule has 6 nitrogen and oxygen atoms in total.